The number of nitrogens with two attached hydrogens (primary N) is 1. The second-order valence-corrected chi connectivity index (χ2v) is 5.33. The number of halogens is 1. The summed E-state index contributed by atoms with van der Waals surface area (Å²) in [5.74, 6) is -0.913. The maximum atomic E-state index is 14.5. The molecule has 5 heteroatoms. The van der Waals surface area contributed by atoms with Crippen molar-refractivity contribution in [2.24, 2.45) is 5.73 Å². The topological polar surface area (TPSA) is 61.2 Å². The number of hydrogen-bond acceptors (Lipinski definition) is 2. The van der Waals surface area contributed by atoms with Crippen molar-refractivity contribution in [1.29, 1.82) is 0 Å². The Morgan fingerprint density at radius 2 is 2.17 bits per heavy atom. The summed E-state index contributed by atoms with van der Waals surface area (Å²) in [6.07, 6.45) is 3.18. The highest BCUT2D eigenvalue weighted by Gasteiger charge is 2.19. The van der Waals surface area contributed by atoms with Gasteiger partial charge in [0.15, 0.2) is 0 Å². The number of hydrogen-bond donors (Lipinski definition) is 1. The largest absolute Gasteiger partial charge is 0.472 e. The van der Waals surface area contributed by atoms with Crippen LogP contribution in [0.1, 0.15) is 15.9 Å². The minimum absolute atomic E-state index is 0.361. The molecule has 0 atom stereocenters. The molecule has 4 aromatic rings. The fraction of sp³-hybridized carbons (Fsp3) is 0.0556. The van der Waals surface area contributed by atoms with Crippen LogP contribution < -0.4 is 5.73 Å². The van der Waals surface area contributed by atoms with Crippen molar-refractivity contribution in [3.63, 3.8) is 0 Å². The number of fused-ring (bicyclic) bond motifs is 3. The van der Waals surface area contributed by atoms with E-state index in [0.717, 1.165) is 11.1 Å². The molecule has 2 aromatic heterocycles. The van der Waals surface area contributed by atoms with E-state index in [1.165, 1.54) is 12.1 Å². The highest BCUT2D eigenvalue weighted by molar-refractivity contribution is 6.17. The highest BCUT2D eigenvalue weighted by Crippen LogP contribution is 2.33. The van der Waals surface area contributed by atoms with Gasteiger partial charge in [-0.2, -0.15) is 0 Å². The highest BCUT2D eigenvalue weighted by atomic mass is 19.1. The lowest BCUT2D eigenvalue weighted by Gasteiger charge is -2.06. The first kappa shape index (κ1) is 13.6. The van der Waals surface area contributed by atoms with Crippen molar-refractivity contribution in [1.82, 2.24) is 4.57 Å². The van der Waals surface area contributed by atoms with E-state index in [0.29, 0.717) is 28.4 Å². The van der Waals surface area contributed by atoms with Gasteiger partial charge in [0.05, 0.1) is 30.1 Å². The Kier molecular flexibility index (Phi) is 2.94. The molecule has 1 radical (unpaired) electrons. The fourth-order valence-corrected chi connectivity index (χ4v) is 3.00. The molecule has 0 spiro atoms. The fourth-order valence-electron chi connectivity index (χ4n) is 3.00. The molecule has 0 saturated carbocycles. The number of nitrogens with zero attached hydrogens (tertiary/aromatic N) is 1. The molecule has 0 aliphatic rings. The van der Waals surface area contributed by atoms with Crippen LogP contribution in [0.2, 0.25) is 0 Å². The van der Waals surface area contributed by atoms with E-state index in [4.69, 9.17) is 10.2 Å². The smallest absolute Gasteiger partial charge is 0.249 e. The number of rotatable bonds is 3. The van der Waals surface area contributed by atoms with Gasteiger partial charge in [-0.25, -0.2) is 4.39 Å². The monoisotopic (exact) mass is 307 g/mol. The van der Waals surface area contributed by atoms with Gasteiger partial charge in [0, 0.05) is 21.9 Å². The Bertz CT molecular complexity index is 1030. The zero-order valence-corrected chi connectivity index (χ0v) is 12.0. The molecule has 0 saturated heterocycles. The van der Waals surface area contributed by atoms with Crippen molar-refractivity contribution < 1.29 is 13.6 Å². The third-order valence-electron chi connectivity index (χ3n) is 3.96. The van der Waals surface area contributed by atoms with Crippen molar-refractivity contribution in [2.45, 2.75) is 6.54 Å². The van der Waals surface area contributed by atoms with Crippen LogP contribution in [0.25, 0.3) is 21.8 Å². The van der Waals surface area contributed by atoms with Crippen molar-refractivity contribution in [3.8, 4) is 0 Å². The van der Waals surface area contributed by atoms with Gasteiger partial charge in [-0.1, -0.05) is 12.1 Å². The van der Waals surface area contributed by atoms with Crippen molar-refractivity contribution >= 4 is 27.7 Å². The molecule has 4 rings (SSSR count). The molecule has 0 aliphatic carbocycles. The standard InChI is InChI=1S/C18H12FN2O2/c19-14-5-1-3-12-16-13(18(20)22)4-2-6-15(16)21(17(12)14)9-11-7-8-23-10-11/h1-2,4-8,10H,9H2,(H2,20,22). The van der Waals surface area contributed by atoms with Gasteiger partial charge in [-0.3, -0.25) is 4.79 Å². The average Bonchev–Trinajstić information content (AvgIpc) is 3.15. The zero-order valence-electron chi connectivity index (χ0n) is 12.0. The van der Waals surface area contributed by atoms with E-state index in [1.54, 1.807) is 24.7 Å². The maximum Gasteiger partial charge on any atom is 0.249 e. The average molecular weight is 307 g/mol. The molecule has 1 amide bonds. The third-order valence-corrected chi connectivity index (χ3v) is 3.96. The van der Waals surface area contributed by atoms with Crippen LogP contribution in [0, 0.1) is 11.9 Å². The van der Waals surface area contributed by atoms with Crippen LogP contribution in [-0.2, 0) is 6.54 Å². The van der Waals surface area contributed by atoms with E-state index in [-0.39, 0.29) is 5.82 Å². The molecule has 0 unspecified atom stereocenters. The lowest BCUT2D eigenvalue weighted by molar-refractivity contribution is 0.100. The molecular formula is C18H12FN2O2. The third kappa shape index (κ3) is 2.01. The van der Waals surface area contributed by atoms with Gasteiger partial charge in [-0.15, -0.1) is 0 Å². The number of carbonyl (C=O) groups is 1. The molecule has 2 aromatic carbocycles. The number of furan rings is 1. The van der Waals surface area contributed by atoms with Crippen LogP contribution in [0.4, 0.5) is 4.39 Å². The summed E-state index contributed by atoms with van der Waals surface area (Å²) in [6, 6.07) is 13.0. The van der Waals surface area contributed by atoms with Gasteiger partial charge in [-0.05, 0) is 30.3 Å². The van der Waals surface area contributed by atoms with E-state index >= 15 is 0 Å². The Hall–Kier alpha value is -3.08. The van der Waals surface area contributed by atoms with E-state index in [1.807, 2.05) is 16.7 Å². The van der Waals surface area contributed by atoms with Crippen molar-refractivity contribution in [3.05, 3.63) is 71.9 Å². The molecule has 23 heavy (non-hydrogen) atoms. The molecule has 4 nitrogen and oxygen atoms in total. The summed E-state index contributed by atoms with van der Waals surface area (Å²) in [5.41, 5.74) is 7.88. The zero-order chi connectivity index (χ0) is 16.0. The summed E-state index contributed by atoms with van der Waals surface area (Å²) in [6.45, 7) is 0.424. The van der Waals surface area contributed by atoms with Crippen molar-refractivity contribution in [2.75, 3.05) is 0 Å². The number of benzene rings is 2. The first-order valence-corrected chi connectivity index (χ1v) is 7.09. The lowest BCUT2D eigenvalue weighted by atomic mass is 10.1. The summed E-state index contributed by atoms with van der Waals surface area (Å²) >= 11 is 0. The Labute approximate surface area is 130 Å². The summed E-state index contributed by atoms with van der Waals surface area (Å²) < 4.78 is 21.4. The Morgan fingerprint density at radius 3 is 2.91 bits per heavy atom. The quantitative estimate of drug-likeness (QED) is 0.630. The van der Waals surface area contributed by atoms with Crippen LogP contribution in [-0.4, -0.2) is 10.5 Å². The normalized spacial score (nSPS) is 11.3. The van der Waals surface area contributed by atoms with Gasteiger partial charge < -0.3 is 14.7 Å². The summed E-state index contributed by atoms with van der Waals surface area (Å²) in [4.78, 5) is 11.8. The van der Waals surface area contributed by atoms with Crippen LogP contribution in [0.15, 0.2) is 53.3 Å². The first-order valence-electron chi connectivity index (χ1n) is 7.09. The second-order valence-electron chi connectivity index (χ2n) is 5.33. The van der Waals surface area contributed by atoms with E-state index in [2.05, 4.69) is 6.07 Å². The molecule has 0 aliphatic heterocycles. The summed E-state index contributed by atoms with van der Waals surface area (Å²) in [5, 5.41) is 1.18. The Balaban J connectivity index is 2.14. The van der Waals surface area contributed by atoms with Gasteiger partial charge in [0.2, 0.25) is 5.91 Å². The number of aromatic nitrogens is 1. The minimum Gasteiger partial charge on any atom is -0.472 e. The van der Waals surface area contributed by atoms with E-state index < -0.39 is 5.91 Å². The molecular weight excluding hydrogens is 295 g/mol. The molecule has 2 heterocycles. The van der Waals surface area contributed by atoms with Crippen LogP contribution >= 0.6 is 0 Å². The predicted octanol–water partition coefficient (Wildman–Crippen LogP) is 3.47. The number of primary amides is 1. The number of carbonyl (C=O) groups excluding carboxylic acids is 1. The molecule has 0 bridgehead atoms. The molecule has 113 valence electrons. The SMILES string of the molecule is NC(=O)c1cccc2c1c1[c]ccc(F)c1n2Cc1ccoc1. The first-order chi connectivity index (χ1) is 11.2. The Morgan fingerprint density at radius 1 is 1.30 bits per heavy atom. The van der Waals surface area contributed by atoms with Gasteiger partial charge in [0.25, 0.3) is 0 Å². The maximum absolute atomic E-state index is 14.5. The van der Waals surface area contributed by atoms with Crippen LogP contribution in [0.5, 0.6) is 0 Å². The van der Waals surface area contributed by atoms with Gasteiger partial charge >= 0.3 is 0 Å². The predicted molar refractivity (Wildman–Crippen MR) is 84.6 cm³/mol. The van der Waals surface area contributed by atoms with Crippen LogP contribution in [0.3, 0.4) is 0 Å². The molecule has 0 fully saturated rings. The lowest BCUT2D eigenvalue weighted by Crippen LogP contribution is -2.11. The number of amides is 1. The molecule has 2 N–H and O–H groups in total. The second kappa shape index (κ2) is 4.98. The minimum atomic E-state index is -0.546. The van der Waals surface area contributed by atoms with Gasteiger partial charge in [0.1, 0.15) is 5.82 Å². The van der Waals surface area contributed by atoms with E-state index in [9.17, 15) is 9.18 Å². The summed E-state index contributed by atoms with van der Waals surface area (Å²) in [7, 11) is 0.